The molecule has 0 bridgehead atoms. The molecule has 1 atom stereocenters. The van der Waals surface area contributed by atoms with Crippen LogP contribution in [0.25, 0.3) is 0 Å². The van der Waals surface area contributed by atoms with Gasteiger partial charge in [-0.1, -0.05) is 234 Å². The summed E-state index contributed by atoms with van der Waals surface area (Å²) in [7, 11) is 0. The summed E-state index contributed by atoms with van der Waals surface area (Å²) in [6.07, 6.45) is 78.2. The van der Waals surface area contributed by atoms with E-state index in [0.717, 1.165) is 122 Å². The number of rotatable bonds is 53. The number of allylic oxidation sites excluding steroid dienone is 16. The smallest absolute Gasteiger partial charge is 0.306 e. The van der Waals surface area contributed by atoms with Crippen LogP contribution in [0.1, 0.15) is 278 Å². The second kappa shape index (κ2) is 58.9. The summed E-state index contributed by atoms with van der Waals surface area (Å²) in [5.41, 5.74) is 0. The Bertz CT molecular complexity index is 1410. The molecule has 0 radical (unpaired) electrons. The van der Waals surface area contributed by atoms with Crippen LogP contribution in [0.3, 0.4) is 0 Å². The van der Waals surface area contributed by atoms with Crippen molar-refractivity contribution in [3.05, 3.63) is 97.2 Å². The number of esters is 3. The molecule has 0 aliphatic rings. The summed E-state index contributed by atoms with van der Waals surface area (Å²) >= 11 is 0. The molecular formula is C65H110O6. The third-order valence-electron chi connectivity index (χ3n) is 12.5. The predicted molar refractivity (Wildman–Crippen MR) is 307 cm³/mol. The Morgan fingerprint density at radius 2 is 0.549 bits per heavy atom. The van der Waals surface area contributed by atoms with Gasteiger partial charge in [0.05, 0.1) is 0 Å². The van der Waals surface area contributed by atoms with E-state index in [0.29, 0.717) is 19.3 Å². The summed E-state index contributed by atoms with van der Waals surface area (Å²) in [5.74, 6) is -0.917. The number of unbranched alkanes of at least 4 members (excludes halogenated alkanes) is 26. The first-order chi connectivity index (χ1) is 35.0. The summed E-state index contributed by atoms with van der Waals surface area (Å²) in [6, 6.07) is 0. The molecule has 0 spiro atoms. The highest BCUT2D eigenvalue weighted by molar-refractivity contribution is 5.71. The van der Waals surface area contributed by atoms with E-state index >= 15 is 0 Å². The van der Waals surface area contributed by atoms with Crippen molar-refractivity contribution >= 4 is 17.9 Å². The molecule has 0 aromatic carbocycles. The number of ether oxygens (including phenoxy) is 3. The zero-order chi connectivity index (χ0) is 51.4. The number of hydrogen-bond acceptors (Lipinski definition) is 6. The molecule has 0 rings (SSSR count). The molecule has 0 N–H and O–H groups in total. The SMILES string of the molecule is CC/C=C\C/C=C\C/C=C\C/C=C\C/C=C\CCCCCCCC(=O)OCC(COC(=O)CCCCCCC/C=C\CCCCCC)OC(=O)CCCCCCCCCCC/C=C\C/C=C\CCCCC. The molecule has 6 heteroatoms. The van der Waals surface area contributed by atoms with Gasteiger partial charge >= 0.3 is 17.9 Å². The molecule has 1 unspecified atom stereocenters. The molecule has 0 aromatic rings. The second-order valence-corrected chi connectivity index (χ2v) is 19.5. The van der Waals surface area contributed by atoms with Crippen molar-refractivity contribution in [2.45, 2.75) is 284 Å². The highest BCUT2D eigenvalue weighted by atomic mass is 16.6. The molecule has 0 saturated heterocycles. The van der Waals surface area contributed by atoms with Crippen LogP contribution in [0.2, 0.25) is 0 Å². The van der Waals surface area contributed by atoms with Crippen LogP contribution in [0, 0.1) is 0 Å². The first kappa shape index (κ1) is 67.3. The van der Waals surface area contributed by atoms with Crippen molar-refractivity contribution in [1.29, 1.82) is 0 Å². The highest BCUT2D eigenvalue weighted by Crippen LogP contribution is 2.15. The third kappa shape index (κ3) is 57.1. The summed E-state index contributed by atoms with van der Waals surface area (Å²) in [6.45, 7) is 6.47. The molecule has 406 valence electrons. The normalized spacial score (nSPS) is 12.8. The molecular weight excluding hydrogens is 877 g/mol. The number of carbonyl (C=O) groups excluding carboxylic acids is 3. The van der Waals surface area contributed by atoms with Crippen LogP contribution < -0.4 is 0 Å². The summed E-state index contributed by atoms with van der Waals surface area (Å²) in [4.78, 5) is 38.2. The van der Waals surface area contributed by atoms with Gasteiger partial charge in [0.25, 0.3) is 0 Å². The minimum atomic E-state index is -0.793. The summed E-state index contributed by atoms with van der Waals surface area (Å²) in [5, 5.41) is 0. The van der Waals surface area contributed by atoms with Gasteiger partial charge in [0.2, 0.25) is 0 Å². The standard InChI is InChI=1S/C65H110O6/c1-4-7-10-13-16-19-22-25-27-29-31-32-34-35-37-40-43-46-49-52-55-58-64(67)70-61-62(60-69-63(66)57-54-51-48-45-42-39-24-21-18-15-12-9-6-3)71-65(68)59-56-53-50-47-44-41-38-36-33-30-28-26-23-20-17-14-11-8-5-2/h7,10,16-17,19-21,24-28,31-32,35,37,62H,4-6,8-9,11-15,18,22-23,29-30,33-34,36,38-61H2,1-3H3/b10-7-,19-16-,20-17-,24-21-,27-25-,28-26-,32-31-,37-35-. The van der Waals surface area contributed by atoms with Crippen molar-refractivity contribution in [3.8, 4) is 0 Å². The quantitative estimate of drug-likeness (QED) is 0.0261. The first-order valence-electron chi connectivity index (χ1n) is 29.7. The molecule has 0 aromatic heterocycles. The Balaban J connectivity index is 4.42. The molecule has 0 aliphatic heterocycles. The van der Waals surface area contributed by atoms with Crippen LogP contribution in [0.5, 0.6) is 0 Å². The van der Waals surface area contributed by atoms with Gasteiger partial charge in [-0.25, -0.2) is 0 Å². The van der Waals surface area contributed by atoms with Gasteiger partial charge in [0.1, 0.15) is 13.2 Å². The highest BCUT2D eigenvalue weighted by Gasteiger charge is 2.19. The maximum Gasteiger partial charge on any atom is 0.306 e. The molecule has 71 heavy (non-hydrogen) atoms. The third-order valence-corrected chi connectivity index (χ3v) is 12.5. The van der Waals surface area contributed by atoms with Gasteiger partial charge in [-0.15, -0.1) is 0 Å². The second-order valence-electron chi connectivity index (χ2n) is 19.5. The Kier molecular flexibility index (Phi) is 55.9. The van der Waals surface area contributed by atoms with Crippen molar-refractivity contribution in [1.82, 2.24) is 0 Å². The Hall–Kier alpha value is -3.67. The van der Waals surface area contributed by atoms with Gasteiger partial charge in [0.15, 0.2) is 6.10 Å². The summed E-state index contributed by atoms with van der Waals surface area (Å²) < 4.78 is 16.9. The van der Waals surface area contributed by atoms with E-state index in [1.165, 1.54) is 116 Å². The van der Waals surface area contributed by atoms with E-state index in [1.807, 2.05) is 0 Å². The lowest BCUT2D eigenvalue weighted by molar-refractivity contribution is -0.167. The van der Waals surface area contributed by atoms with Crippen molar-refractivity contribution < 1.29 is 28.6 Å². The number of carbonyl (C=O) groups is 3. The van der Waals surface area contributed by atoms with Crippen LogP contribution in [-0.2, 0) is 28.6 Å². The van der Waals surface area contributed by atoms with Gasteiger partial charge in [-0.2, -0.15) is 0 Å². The van der Waals surface area contributed by atoms with E-state index in [2.05, 4.69) is 118 Å². The molecule has 0 amide bonds. The molecule has 0 saturated carbocycles. The van der Waals surface area contributed by atoms with Crippen LogP contribution in [0.15, 0.2) is 97.2 Å². The van der Waals surface area contributed by atoms with E-state index in [4.69, 9.17) is 14.2 Å². The van der Waals surface area contributed by atoms with E-state index < -0.39 is 6.10 Å². The Morgan fingerprint density at radius 3 is 0.901 bits per heavy atom. The van der Waals surface area contributed by atoms with E-state index in [9.17, 15) is 14.4 Å². The largest absolute Gasteiger partial charge is 0.462 e. The van der Waals surface area contributed by atoms with Gasteiger partial charge in [-0.05, 0) is 122 Å². The molecule has 0 heterocycles. The average Bonchev–Trinajstić information content (AvgIpc) is 3.37. The number of hydrogen-bond donors (Lipinski definition) is 0. The maximum atomic E-state index is 12.9. The topological polar surface area (TPSA) is 78.9 Å². The van der Waals surface area contributed by atoms with E-state index in [1.54, 1.807) is 0 Å². The average molecular weight is 988 g/mol. The van der Waals surface area contributed by atoms with Gasteiger partial charge in [-0.3, -0.25) is 14.4 Å². The monoisotopic (exact) mass is 987 g/mol. The molecule has 0 aliphatic carbocycles. The maximum absolute atomic E-state index is 12.9. The van der Waals surface area contributed by atoms with Crippen molar-refractivity contribution in [2.75, 3.05) is 13.2 Å². The van der Waals surface area contributed by atoms with Crippen molar-refractivity contribution in [3.63, 3.8) is 0 Å². The lowest BCUT2D eigenvalue weighted by Crippen LogP contribution is -2.30. The molecule has 6 nitrogen and oxygen atoms in total. The lowest BCUT2D eigenvalue weighted by atomic mass is 10.1. The van der Waals surface area contributed by atoms with Crippen molar-refractivity contribution in [2.24, 2.45) is 0 Å². The fraction of sp³-hybridized carbons (Fsp3) is 0.708. The minimum Gasteiger partial charge on any atom is -0.462 e. The van der Waals surface area contributed by atoms with Crippen LogP contribution >= 0.6 is 0 Å². The first-order valence-corrected chi connectivity index (χ1v) is 29.7. The zero-order valence-corrected chi connectivity index (χ0v) is 46.5. The van der Waals surface area contributed by atoms with Crippen LogP contribution in [-0.4, -0.2) is 37.2 Å². The van der Waals surface area contributed by atoms with Crippen LogP contribution in [0.4, 0.5) is 0 Å². The fourth-order valence-corrected chi connectivity index (χ4v) is 8.08. The Labute approximate surface area is 438 Å². The van der Waals surface area contributed by atoms with E-state index in [-0.39, 0.29) is 31.1 Å². The van der Waals surface area contributed by atoms with Gasteiger partial charge < -0.3 is 14.2 Å². The fourth-order valence-electron chi connectivity index (χ4n) is 8.08. The van der Waals surface area contributed by atoms with Gasteiger partial charge in [0, 0.05) is 19.3 Å². The Morgan fingerprint density at radius 1 is 0.296 bits per heavy atom. The zero-order valence-electron chi connectivity index (χ0n) is 46.5. The minimum absolute atomic E-state index is 0.0899. The predicted octanol–water partition coefficient (Wildman–Crippen LogP) is 20.1. The lowest BCUT2D eigenvalue weighted by Gasteiger charge is -2.18. The molecule has 0 fully saturated rings.